The Kier molecular flexibility index (Phi) is 8.65. The molecule has 0 aromatic heterocycles. The number of oxime groups is 1. The first-order valence-electron chi connectivity index (χ1n) is 9.08. The van der Waals surface area contributed by atoms with Crippen LogP contribution in [0, 0.1) is 0 Å². The van der Waals surface area contributed by atoms with Crippen molar-refractivity contribution in [2.75, 3.05) is 27.4 Å². The van der Waals surface area contributed by atoms with Crippen molar-refractivity contribution in [3.63, 3.8) is 0 Å². The quantitative estimate of drug-likeness (QED) is 0.352. The highest BCUT2D eigenvalue weighted by atomic mass is 16.6. The van der Waals surface area contributed by atoms with E-state index in [1.165, 1.54) is 5.56 Å². The van der Waals surface area contributed by atoms with Gasteiger partial charge in [0.25, 0.3) is 5.91 Å². The normalized spacial score (nSPS) is 11.0. The third-order valence-corrected chi connectivity index (χ3v) is 4.07. The van der Waals surface area contributed by atoms with E-state index in [-0.39, 0.29) is 12.5 Å². The molecule has 0 saturated carbocycles. The van der Waals surface area contributed by atoms with Gasteiger partial charge in [-0.25, -0.2) is 0 Å². The van der Waals surface area contributed by atoms with Gasteiger partial charge in [0.15, 0.2) is 18.1 Å². The Balaban J connectivity index is 1.65. The average molecular weight is 385 g/mol. The second kappa shape index (κ2) is 11.5. The second-order valence-corrected chi connectivity index (χ2v) is 6.13. The first kappa shape index (κ1) is 21.1. The molecule has 150 valence electrons. The minimum Gasteiger partial charge on any atom is -0.493 e. The summed E-state index contributed by atoms with van der Waals surface area (Å²) in [5, 5.41) is 6.57. The number of amides is 1. The van der Waals surface area contributed by atoms with Crippen LogP contribution in [0.2, 0.25) is 0 Å². The fraction of sp³-hybridized carbons (Fsp3) is 0.333. The van der Waals surface area contributed by atoms with Crippen LogP contribution in [0.1, 0.15) is 17.5 Å². The molecule has 2 aromatic carbocycles. The molecule has 2 aromatic rings. The number of aryl methyl sites for hydroxylation is 1. The van der Waals surface area contributed by atoms with Crippen LogP contribution in [0.4, 0.5) is 0 Å². The number of ether oxygens (including phenoxy) is 2. The molecule has 0 aliphatic rings. The molecule has 0 saturated heterocycles. The van der Waals surface area contributed by atoms with Crippen LogP contribution in [0.25, 0.3) is 0 Å². The van der Waals surface area contributed by atoms with Gasteiger partial charge in [-0.2, -0.15) is 0 Å². The molecule has 7 nitrogen and oxygen atoms in total. The topological polar surface area (TPSA) is 95.2 Å². The largest absolute Gasteiger partial charge is 0.493 e. The van der Waals surface area contributed by atoms with E-state index in [1.807, 2.05) is 48.5 Å². The molecule has 1 amide bonds. The van der Waals surface area contributed by atoms with Crippen molar-refractivity contribution in [1.29, 1.82) is 0 Å². The summed E-state index contributed by atoms with van der Waals surface area (Å²) in [6, 6.07) is 15.6. The van der Waals surface area contributed by atoms with E-state index in [9.17, 15) is 4.79 Å². The molecule has 0 spiro atoms. The standard InChI is InChI=1S/C21H27N3O4/c1-26-18-10-8-17(14-19(18)27-2)12-13-23-21(25)15-28-24-20(22)11-9-16-6-4-3-5-7-16/h3-8,10,14H,9,11-13,15H2,1-2H3,(H2,22,24)(H,23,25). The number of hydrogen-bond donors (Lipinski definition) is 2. The number of carbonyl (C=O) groups is 1. The number of hydrogen-bond acceptors (Lipinski definition) is 5. The number of rotatable bonds is 11. The molecule has 0 radical (unpaired) electrons. The Morgan fingerprint density at radius 3 is 2.46 bits per heavy atom. The maximum atomic E-state index is 11.8. The highest BCUT2D eigenvalue weighted by Gasteiger charge is 2.06. The van der Waals surface area contributed by atoms with Gasteiger partial charge >= 0.3 is 0 Å². The summed E-state index contributed by atoms with van der Waals surface area (Å²) >= 11 is 0. The zero-order chi connectivity index (χ0) is 20.2. The molecule has 0 fully saturated rings. The second-order valence-electron chi connectivity index (χ2n) is 6.13. The van der Waals surface area contributed by atoms with Gasteiger partial charge in [-0.15, -0.1) is 0 Å². The zero-order valence-electron chi connectivity index (χ0n) is 16.3. The van der Waals surface area contributed by atoms with Crippen molar-refractivity contribution in [2.45, 2.75) is 19.3 Å². The Bertz CT molecular complexity index is 778. The van der Waals surface area contributed by atoms with Gasteiger partial charge in [-0.05, 0) is 36.1 Å². The fourth-order valence-corrected chi connectivity index (χ4v) is 2.57. The lowest BCUT2D eigenvalue weighted by Gasteiger charge is -2.10. The number of carbonyl (C=O) groups excluding carboxylic acids is 1. The van der Waals surface area contributed by atoms with Gasteiger partial charge in [-0.1, -0.05) is 41.6 Å². The van der Waals surface area contributed by atoms with Gasteiger partial charge in [0.1, 0.15) is 5.84 Å². The summed E-state index contributed by atoms with van der Waals surface area (Å²) in [5.41, 5.74) is 8.01. The molecule has 0 heterocycles. The van der Waals surface area contributed by atoms with Crippen LogP contribution in [0.3, 0.4) is 0 Å². The van der Waals surface area contributed by atoms with Crippen molar-refractivity contribution < 1.29 is 19.1 Å². The molecular weight excluding hydrogens is 358 g/mol. The Morgan fingerprint density at radius 2 is 1.75 bits per heavy atom. The van der Waals surface area contributed by atoms with E-state index in [4.69, 9.17) is 20.0 Å². The Morgan fingerprint density at radius 1 is 1.00 bits per heavy atom. The van der Waals surface area contributed by atoms with E-state index in [0.29, 0.717) is 36.7 Å². The lowest BCUT2D eigenvalue weighted by molar-refractivity contribution is -0.125. The summed E-state index contributed by atoms with van der Waals surface area (Å²) in [4.78, 5) is 16.9. The number of nitrogens with one attached hydrogen (secondary N) is 1. The number of nitrogens with zero attached hydrogens (tertiary/aromatic N) is 1. The third-order valence-electron chi connectivity index (χ3n) is 4.07. The monoisotopic (exact) mass is 385 g/mol. The average Bonchev–Trinajstić information content (AvgIpc) is 2.73. The van der Waals surface area contributed by atoms with Crippen molar-refractivity contribution in [3.05, 3.63) is 59.7 Å². The number of amidine groups is 1. The highest BCUT2D eigenvalue weighted by Crippen LogP contribution is 2.27. The van der Waals surface area contributed by atoms with Gasteiger partial charge < -0.3 is 25.4 Å². The van der Waals surface area contributed by atoms with Gasteiger partial charge in [-0.3, -0.25) is 4.79 Å². The molecule has 0 atom stereocenters. The fourth-order valence-electron chi connectivity index (χ4n) is 2.57. The van der Waals surface area contributed by atoms with Gasteiger partial charge in [0.05, 0.1) is 14.2 Å². The predicted octanol–water partition coefficient (Wildman–Crippen LogP) is 2.28. The lowest BCUT2D eigenvalue weighted by Crippen LogP contribution is -2.29. The molecule has 7 heteroatoms. The minimum absolute atomic E-state index is 0.169. The van der Waals surface area contributed by atoms with Crippen LogP contribution in [-0.2, 0) is 22.5 Å². The number of benzene rings is 2. The minimum atomic E-state index is -0.250. The van der Waals surface area contributed by atoms with Gasteiger partial charge in [0.2, 0.25) is 0 Å². The summed E-state index contributed by atoms with van der Waals surface area (Å²) in [6.07, 6.45) is 2.01. The van der Waals surface area contributed by atoms with Crippen molar-refractivity contribution in [1.82, 2.24) is 5.32 Å². The summed E-state index contributed by atoms with van der Waals surface area (Å²) < 4.78 is 10.5. The van der Waals surface area contributed by atoms with E-state index < -0.39 is 0 Å². The molecule has 0 bridgehead atoms. The first-order chi connectivity index (χ1) is 13.6. The van der Waals surface area contributed by atoms with E-state index in [2.05, 4.69) is 10.5 Å². The molecule has 0 unspecified atom stereocenters. The Labute approximate surface area is 165 Å². The van der Waals surface area contributed by atoms with Crippen LogP contribution in [-0.4, -0.2) is 39.1 Å². The smallest absolute Gasteiger partial charge is 0.260 e. The SMILES string of the molecule is COc1ccc(CCNC(=O)CO/N=C(\N)CCc2ccccc2)cc1OC. The molecule has 28 heavy (non-hydrogen) atoms. The third kappa shape index (κ3) is 7.19. The van der Waals surface area contributed by atoms with Crippen LogP contribution >= 0.6 is 0 Å². The van der Waals surface area contributed by atoms with Crippen molar-refractivity contribution in [3.8, 4) is 11.5 Å². The van der Waals surface area contributed by atoms with Crippen LogP contribution in [0.5, 0.6) is 11.5 Å². The Hall–Kier alpha value is -3.22. The molecular formula is C21H27N3O4. The van der Waals surface area contributed by atoms with Crippen LogP contribution in [0.15, 0.2) is 53.7 Å². The summed E-state index contributed by atoms with van der Waals surface area (Å²) in [7, 11) is 3.18. The molecule has 2 rings (SSSR count). The maximum absolute atomic E-state index is 11.8. The van der Waals surface area contributed by atoms with E-state index in [0.717, 1.165) is 12.0 Å². The molecule has 3 N–H and O–H groups in total. The number of nitrogens with two attached hydrogens (primary N) is 1. The predicted molar refractivity (Wildman–Crippen MR) is 109 cm³/mol. The van der Waals surface area contributed by atoms with E-state index in [1.54, 1.807) is 14.2 Å². The van der Waals surface area contributed by atoms with Crippen LogP contribution < -0.4 is 20.5 Å². The lowest BCUT2D eigenvalue weighted by atomic mass is 10.1. The highest BCUT2D eigenvalue weighted by molar-refractivity contribution is 5.80. The summed E-state index contributed by atoms with van der Waals surface area (Å²) in [6.45, 7) is 0.308. The van der Waals surface area contributed by atoms with Crippen molar-refractivity contribution >= 4 is 11.7 Å². The summed E-state index contributed by atoms with van der Waals surface area (Å²) in [5.74, 6) is 1.45. The van der Waals surface area contributed by atoms with E-state index >= 15 is 0 Å². The zero-order valence-corrected chi connectivity index (χ0v) is 16.3. The first-order valence-corrected chi connectivity index (χ1v) is 9.08. The maximum Gasteiger partial charge on any atom is 0.260 e. The number of methoxy groups -OCH3 is 2. The van der Waals surface area contributed by atoms with Crippen molar-refractivity contribution in [2.24, 2.45) is 10.9 Å². The molecule has 0 aliphatic carbocycles. The van der Waals surface area contributed by atoms with Gasteiger partial charge in [0, 0.05) is 13.0 Å². The molecule has 0 aliphatic heterocycles.